The summed E-state index contributed by atoms with van der Waals surface area (Å²) in [6.07, 6.45) is -7.70. The second-order valence-electron chi connectivity index (χ2n) is 12.6. The molecule has 0 aliphatic heterocycles. The number of halogens is 8. The highest BCUT2D eigenvalue weighted by molar-refractivity contribution is 7.90. The van der Waals surface area contributed by atoms with E-state index in [0.29, 0.717) is 24.0 Å². The number of ketones is 1. The van der Waals surface area contributed by atoms with E-state index in [1.54, 1.807) is 0 Å². The van der Waals surface area contributed by atoms with Gasteiger partial charge < -0.3 is 34.0 Å². The molecule has 5 N–H and O–H groups in total. The summed E-state index contributed by atoms with van der Waals surface area (Å²) in [6, 6.07) is 8.38. The molecule has 1 saturated carbocycles. The van der Waals surface area contributed by atoms with Gasteiger partial charge in [-0.05, 0) is 74.4 Å². The van der Waals surface area contributed by atoms with Gasteiger partial charge in [-0.25, -0.2) is 18.0 Å². The number of benzene rings is 3. The number of sulfone groups is 1. The molecule has 26 heteroatoms. The van der Waals surface area contributed by atoms with Gasteiger partial charge >= 0.3 is 37.9 Å². The summed E-state index contributed by atoms with van der Waals surface area (Å²) >= 11 is 11.7. The van der Waals surface area contributed by atoms with E-state index < -0.39 is 88.4 Å². The standard InChI is InChI=1S/C17H11Cl2F3O5.C15H12F3NO4S.C3H8NO5P/c1-8(15(23)24)26-16(25)11-7-10(3-4-12(11)18)27-14-5-2-9(6-13(14)19)17(20,21)22;1-24(21,22)12-6-9(15(16,17)18)4-5-10(12)13(20)11-7-19-23-14(11)8-2-3-8;5-3(6)1-4-2-10(7,8)9/h2-8H,1H3,(H,23,24);4-8H,2-3H2,1H3;4H,1-2H2,(H,5,6)(H2,7,8,9)/t8-;;/m0../s1. The van der Waals surface area contributed by atoms with Crippen LogP contribution in [0.5, 0.6) is 11.5 Å². The van der Waals surface area contributed by atoms with Crippen LogP contribution in [-0.4, -0.2) is 82.5 Å². The van der Waals surface area contributed by atoms with E-state index >= 15 is 0 Å². The lowest BCUT2D eigenvalue weighted by atomic mass is 10.0. The second-order valence-corrected chi connectivity index (χ2v) is 17.0. The number of carbonyl (C=O) groups excluding carboxylic acids is 2. The first-order chi connectivity index (χ1) is 28.0. The van der Waals surface area contributed by atoms with E-state index in [0.717, 1.165) is 50.3 Å². The van der Waals surface area contributed by atoms with Crippen LogP contribution < -0.4 is 10.1 Å². The van der Waals surface area contributed by atoms with Crippen molar-refractivity contribution in [3.05, 3.63) is 104 Å². The maximum Gasteiger partial charge on any atom is 0.416 e. The molecule has 3 aromatic carbocycles. The molecular weight excluding hydrogens is 920 g/mol. The second kappa shape index (κ2) is 20.2. The minimum Gasteiger partial charge on any atom is -0.480 e. The number of nitrogens with zero attached hydrogens (tertiary/aromatic N) is 1. The minimum atomic E-state index is -4.71. The van der Waals surface area contributed by atoms with E-state index in [-0.39, 0.29) is 44.2 Å². The minimum absolute atomic E-state index is 0.0246. The third-order valence-electron chi connectivity index (χ3n) is 7.61. The molecular formula is C35H31Cl2F6N2O14PS. The Labute approximate surface area is 350 Å². The first-order valence-corrected chi connectivity index (χ1v) is 21.1. The van der Waals surface area contributed by atoms with Gasteiger partial charge in [0, 0.05) is 17.7 Å². The summed E-state index contributed by atoms with van der Waals surface area (Å²) < 4.78 is 125. The van der Waals surface area contributed by atoms with Crippen LogP contribution in [0.3, 0.4) is 0 Å². The van der Waals surface area contributed by atoms with Gasteiger partial charge in [0.1, 0.15) is 11.5 Å². The van der Waals surface area contributed by atoms with Crippen molar-refractivity contribution in [2.75, 3.05) is 19.1 Å². The van der Waals surface area contributed by atoms with Crippen molar-refractivity contribution in [1.82, 2.24) is 10.5 Å². The Morgan fingerprint density at radius 3 is 2.00 bits per heavy atom. The molecule has 61 heavy (non-hydrogen) atoms. The summed E-state index contributed by atoms with van der Waals surface area (Å²) in [4.78, 5) is 60.9. The Kier molecular flexibility index (Phi) is 16.7. The number of aromatic nitrogens is 1. The molecule has 1 atom stereocenters. The third kappa shape index (κ3) is 15.4. The van der Waals surface area contributed by atoms with Crippen LogP contribution in [0, 0.1) is 0 Å². The molecule has 0 unspecified atom stereocenters. The lowest BCUT2D eigenvalue weighted by molar-refractivity contribution is -0.146. The quantitative estimate of drug-likeness (QED) is 0.0378. The van der Waals surface area contributed by atoms with Crippen LogP contribution >= 0.6 is 30.8 Å². The highest BCUT2D eigenvalue weighted by atomic mass is 35.5. The molecule has 0 spiro atoms. The van der Waals surface area contributed by atoms with Crippen molar-refractivity contribution in [2.45, 2.75) is 49.0 Å². The Morgan fingerprint density at radius 1 is 0.902 bits per heavy atom. The predicted octanol–water partition coefficient (Wildman–Crippen LogP) is 7.44. The Morgan fingerprint density at radius 2 is 1.49 bits per heavy atom. The fourth-order valence-electron chi connectivity index (χ4n) is 4.59. The molecule has 0 bridgehead atoms. The number of esters is 1. The van der Waals surface area contributed by atoms with Crippen LogP contribution in [-0.2, 0) is 41.1 Å². The van der Waals surface area contributed by atoms with Gasteiger partial charge in [-0.15, -0.1) is 0 Å². The number of rotatable bonds is 13. The van der Waals surface area contributed by atoms with Crippen molar-refractivity contribution in [3.63, 3.8) is 0 Å². The van der Waals surface area contributed by atoms with Crippen LogP contribution in [0.2, 0.25) is 10.0 Å². The number of carboxylic acids is 2. The van der Waals surface area contributed by atoms with Gasteiger partial charge in [0.25, 0.3) is 0 Å². The average molecular weight is 952 g/mol. The molecule has 1 aliphatic carbocycles. The first kappa shape index (κ1) is 50.3. The molecule has 332 valence electrons. The van der Waals surface area contributed by atoms with E-state index in [2.05, 4.69) is 10.5 Å². The average Bonchev–Trinajstić information content (AvgIpc) is 3.86. The monoisotopic (exact) mass is 950 g/mol. The summed E-state index contributed by atoms with van der Waals surface area (Å²) in [5, 5.41) is 22.1. The summed E-state index contributed by atoms with van der Waals surface area (Å²) in [5.74, 6) is -3.86. The predicted molar refractivity (Wildman–Crippen MR) is 200 cm³/mol. The SMILES string of the molecule is CS(=O)(=O)c1cc(C(F)(F)F)ccc1C(=O)c1cnoc1C1CC1.C[C@H](OC(=O)c1cc(Oc2ccc(C(F)(F)F)cc2Cl)ccc1Cl)C(=O)O.O=C(O)CNCP(=O)(O)O. The number of ether oxygens (including phenoxy) is 2. The molecule has 4 aromatic rings. The van der Waals surface area contributed by atoms with E-state index in [1.807, 2.05) is 0 Å². The fourth-order valence-corrected chi connectivity index (χ4v) is 6.31. The molecule has 0 saturated heterocycles. The molecule has 5 rings (SSSR count). The van der Waals surface area contributed by atoms with Crippen LogP contribution in [0.25, 0.3) is 0 Å². The van der Waals surface area contributed by atoms with E-state index in [4.69, 9.17) is 57.2 Å². The number of aliphatic carboxylic acids is 2. The maximum atomic E-state index is 12.8. The fraction of sp³-hybridized carbons (Fsp3) is 0.286. The summed E-state index contributed by atoms with van der Waals surface area (Å²) in [6.45, 7) is 0.724. The maximum absolute atomic E-state index is 12.8. The molecule has 1 aromatic heterocycles. The Balaban J connectivity index is 0.000000268. The number of hydrogen-bond donors (Lipinski definition) is 5. The zero-order valence-corrected chi connectivity index (χ0v) is 34.2. The molecule has 1 heterocycles. The van der Waals surface area contributed by atoms with Gasteiger partial charge in [0.2, 0.25) is 0 Å². The summed E-state index contributed by atoms with van der Waals surface area (Å²) in [5.41, 5.74) is -2.49. The van der Waals surface area contributed by atoms with Crippen molar-refractivity contribution >= 4 is 64.3 Å². The first-order valence-electron chi connectivity index (χ1n) is 16.6. The molecule has 1 aliphatic rings. The number of hydrogen-bond acceptors (Lipinski definition) is 12. The van der Waals surface area contributed by atoms with Gasteiger partial charge in [0.15, 0.2) is 27.5 Å². The lowest BCUT2D eigenvalue weighted by Gasteiger charge is -2.13. The molecule has 1 fully saturated rings. The topological polar surface area (TPSA) is 257 Å². The van der Waals surface area contributed by atoms with Gasteiger partial charge in [0.05, 0.1) is 56.2 Å². The highest BCUT2D eigenvalue weighted by Gasteiger charge is 2.36. The van der Waals surface area contributed by atoms with Crippen LogP contribution in [0.15, 0.2) is 70.2 Å². The molecule has 16 nitrogen and oxygen atoms in total. The van der Waals surface area contributed by atoms with E-state index in [1.165, 1.54) is 18.3 Å². The number of nitrogens with one attached hydrogen (secondary N) is 1. The van der Waals surface area contributed by atoms with Gasteiger partial charge in [-0.2, -0.15) is 26.3 Å². The van der Waals surface area contributed by atoms with Gasteiger partial charge in [-0.3, -0.25) is 19.5 Å². The molecule has 0 amide bonds. The largest absolute Gasteiger partial charge is 0.480 e. The zero-order valence-electron chi connectivity index (χ0n) is 31.0. The number of carboxylic acid groups (broad SMARTS) is 2. The smallest absolute Gasteiger partial charge is 0.416 e. The lowest BCUT2D eigenvalue weighted by Crippen LogP contribution is -2.23. The van der Waals surface area contributed by atoms with Crippen LogP contribution in [0.4, 0.5) is 26.3 Å². The Bertz CT molecular complexity index is 2440. The van der Waals surface area contributed by atoms with Gasteiger partial charge in [-0.1, -0.05) is 28.4 Å². The van der Waals surface area contributed by atoms with Crippen molar-refractivity contribution < 1.29 is 92.5 Å². The van der Waals surface area contributed by atoms with Crippen molar-refractivity contribution in [1.29, 1.82) is 0 Å². The zero-order chi connectivity index (χ0) is 46.2. The summed E-state index contributed by atoms with van der Waals surface area (Å²) in [7, 11) is -8.14. The Hall–Kier alpha value is -5.03. The number of alkyl halides is 6. The third-order valence-corrected chi connectivity index (χ3v) is 10.0. The van der Waals surface area contributed by atoms with Crippen LogP contribution in [0.1, 0.15) is 68.8 Å². The highest BCUT2D eigenvalue weighted by Crippen LogP contribution is 2.43. The normalized spacial score (nSPS) is 13.4. The van der Waals surface area contributed by atoms with Crippen molar-refractivity contribution in [3.8, 4) is 11.5 Å². The number of carbonyl (C=O) groups is 4. The van der Waals surface area contributed by atoms with E-state index in [9.17, 15) is 58.5 Å². The van der Waals surface area contributed by atoms with Crippen molar-refractivity contribution in [2.24, 2.45) is 0 Å². The molecule has 0 radical (unpaired) electrons.